The number of H-pyrrole nitrogens is 1. The summed E-state index contributed by atoms with van der Waals surface area (Å²) < 4.78 is 29.1. The molecule has 3 atom stereocenters. The highest BCUT2D eigenvalue weighted by Crippen LogP contribution is 2.41. The Morgan fingerprint density at radius 1 is 1.13 bits per heavy atom. The fraction of sp³-hybridized carbons (Fsp3) is 0.531. The molecule has 5 aliphatic heterocycles. The molecular formula is C32H36ClFN8O3. The van der Waals surface area contributed by atoms with Crippen LogP contribution in [0.5, 0.6) is 6.01 Å². The molecular weight excluding hydrogens is 599 g/mol. The number of halogens is 2. The highest BCUT2D eigenvalue weighted by molar-refractivity contribution is 6.33. The largest absolute Gasteiger partial charge is 0.462 e. The van der Waals surface area contributed by atoms with Crippen molar-refractivity contribution in [3.05, 3.63) is 34.9 Å². The number of likely N-dealkylation sites (N-methyl/N-ethyl adjacent to an activating group) is 1. The van der Waals surface area contributed by atoms with E-state index in [1.165, 1.54) is 0 Å². The number of likely N-dealkylation sites (tertiary alicyclic amines) is 1. The first-order valence-corrected chi connectivity index (χ1v) is 16.3. The number of aromatic amines is 1. The summed E-state index contributed by atoms with van der Waals surface area (Å²) >= 11 is 6.82. The van der Waals surface area contributed by atoms with Crippen LogP contribution in [0.25, 0.3) is 33.1 Å². The minimum Gasteiger partial charge on any atom is -0.462 e. The van der Waals surface area contributed by atoms with Gasteiger partial charge in [-0.15, -0.1) is 0 Å². The third kappa shape index (κ3) is 5.07. The summed E-state index contributed by atoms with van der Waals surface area (Å²) in [6.07, 6.45) is 8.44. The first-order chi connectivity index (χ1) is 22.0. The predicted molar refractivity (Wildman–Crippen MR) is 168 cm³/mol. The van der Waals surface area contributed by atoms with Crippen molar-refractivity contribution >= 4 is 45.1 Å². The monoisotopic (exact) mass is 634 g/mol. The molecule has 3 fully saturated rings. The van der Waals surface area contributed by atoms with Crippen molar-refractivity contribution in [1.29, 1.82) is 0 Å². The van der Waals surface area contributed by atoms with Gasteiger partial charge in [-0.2, -0.15) is 15.1 Å². The maximum Gasteiger partial charge on any atom is 0.319 e. The standard InChI is InChI=1S/C32H36ClFN8O3/c1-40-8-2-4-19(40)16-45-32-37-29-22-13-35-30(28(29)34)27-20(23(33)12-24-21(27)14-36-39-24)5-3-11-44-17-26(43)42-10-7-18-6-9-41(15-25(18)42)31(22)38-32/h12-14,18-19,25H,2-11,15-17H2,1H3,(H,36,39)/t18-,19-,25-/m0/s1. The number of hydrogen-bond donors (Lipinski definition) is 1. The van der Waals surface area contributed by atoms with Crippen LogP contribution in [0.1, 0.15) is 37.7 Å². The first kappa shape index (κ1) is 28.8. The lowest BCUT2D eigenvalue weighted by atomic mass is 9.92. The molecule has 1 N–H and O–H groups in total. The third-order valence-electron chi connectivity index (χ3n) is 10.2. The minimum absolute atomic E-state index is 0.00128. The average Bonchev–Trinajstić information content (AvgIpc) is 3.79. The highest BCUT2D eigenvalue weighted by atomic mass is 35.5. The maximum absolute atomic E-state index is 17.0. The molecule has 45 heavy (non-hydrogen) atoms. The van der Waals surface area contributed by atoms with Gasteiger partial charge in [0.25, 0.3) is 0 Å². The van der Waals surface area contributed by atoms with Crippen LogP contribution in [0.2, 0.25) is 5.02 Å². The van der Waals surface area contributed by atoms with Crippen molar-refractivity contribution in [3.8, 4) is 17.3 Å². The second-order valence-corrected chi connectivity index (χ2v) is 13.1. The van der Waals surface area contributed by atoms with E-state index in [4.69, 9.17) is 31.0 Å². The van der Waals surface area contributed by atoms with E-state index in [1.807, 2.05) is 4.90 Å². The quantitative estimate of drug-likeness (QED) is 0.354. The van der Waals surface area contributed by atoms with Gasteiger partial charge in [-0.05, 0) is 69.7 Å². The van der Waals surface area contributed by atoms with E-state index >= 15 is 4.39 Å². The smallest absolute Gasteiger partial charge is 0.319 e. The molecule has 0 saturated carbocycles. The Bertz CT molecular complexity index is 1780. The summed E-state index contributed by atoms with van der Waals surface area (Å²) in [6, 6.07) is 2.22. The SMILES string of the molecule is CN1CCC[C@H]1COc1nc2c3cnc(c(F)c3n1)-c1c(c(Cl)cc3[nH]ncc13)CCCOCC(=O)N1CC[C@@H]3CCN2C[C@@H]31. The van der Waals surface area contributed by atoms with Gasteiger partial charge >= 0.3 is 6.01 Å². The summed E-state index contributed by atoms with van der Waals surface area (Å²) in [6.45, 7) is 3.87. The van der Waals surface area contributed by atoms with Gasteiger partial charge in [-0.25, -0.2) is 4.39 Å². The maximum atomic E-state index is 17.0. The molecule has 1 aromatic carbocycles. The number of amides is 1. The average molecular weight is 635 g/mol. The van der Waals surface area contributed by atoms with Gasteiger partial charge in [0.1, 0.15) is 30.2 Å². The number of nitrogens with one attached hydrogen (secondary N) is 1. The number of ether oxygens (including phenoxy) is 2. The summed E-state index contributed by atoms with van der Waals surface area (Å²) in [5, 5.41) is 8.88. The lowest BCUT2D eigenvalue weighted by Gasteiger charge is -2.39. The van der Waals surface area contributed by atoms with Crippen LogP contribution < -0.4 is 9.64 Å². The van der Waals surface area contributed by atoms with Gasteiger partial charge in [0.05, 0.1) is 23.1 Å². The molecule has 6 bridgehead atoms. The van der Waals surface area contributed by atoms with E-state index in [-0.39, 0.29) is 41.8 Å². The van der Waals surface area contributed by atoms with Crippen LogP contribution in [-0.2, 0) is 16.0 Å². The second kappa shape index (κ2) is 11.6. The Hall–Kier alpha value is -3.61. The number of anilines is 1. The number of carbonyl (C=O) groups excluding carboxylic acids is 1. The highest BCUT2D eigenvalue weighted by Gasteiger charge is 2.41. The summed E-state index contributed by atoms with van der Waals surface area (Å²) in [4.78, 5) is 34.0. The number of aromatic nitrogens is 5. The molecule has 13 heteroatoms. The minimum atomic E-state index is -0.557. The lowest BCUT2D eigenvalue weighted by molar-refractivity contribution is -0.137. The van der Waals surface area contributed by atoms with Gasteiger partial charge in [0, 0.05) is 54.5 Å². The molecule has 3 saturated heterocycles. The van der Waals surface area contributed by atoms with Gasteiger partial charge in [0.2, 0.25) is 5.91 Å². The fourth-order valence-electron chi connectivity index (χ4n) is 7.71. The molecule has 0 aliphatic carbocycles. The van der Waals surface area contributed by atoms with Crippen LogP contribution in [0.3, 0.4) is 0 Å². The number of benzene rings is 1. The molecule has 11 nitrogen and oxygen atoms in total. The van der Waals surface area contributed by atoms with E-state index < -0.39 is 5.82 Å². The molecule has 4 aromatic rings. The van der Waals surface area contributed by atoms with Crippen molar-refractivity contribution in [2.24, 2.45) is 5.92 Å². The molecule has 0 unspecified atom stereocenters. The number of pyridine rings is 1. The Labute approximate surface area is 265 Å². The van der Waals surface area contributed by atoms with Crippen molar-refractivity contribution in [3.63, 3.8) is 0 Å². The summed E-state index contributed by atoms with van der Waals surface area (Å²) in [7, 11) is 2.09. The van der Waals surface area contributed by atoms with Crippen LogP contribution >= 0.6 is 11.6 Å². The van der Waals surface area contributed by atoms with Gasteiger partial charge in [0.15, 0.2) is 5.82 Å². The predicted octanol–water partition coefficient (Wildman–Crippen LogP) is 4.22. The van der Waals surface area contributed by atoms with Crippen LogP contribution in [0, 0.1) is 11.7 Å². The zero-order valence-electron chi connectivity index (χ0n) is 25.3. The third-order valence-corrected chi connectivity index (χ3v) is 10.5. The second-order valence-electron chi connectivity index (χ2n) is 12.7. The lowest BCUT2D eigenvalue weighted by Crippen LogP contribution is -2.51. The van der Waals surface area contributed by atoms with E-state index in [2.05, 4.69) is 32.0 Å². The van der Waals surface area contributed by atoms with Crippen LogP contribution in [0.15, 0.2) is 18.5 Å². The van der Waals surface area contributed by atoms with E-state index in [9.17, 15) is 4.79 Å². The number of carbonyl (C=O) groups is 1. The molecule has 236 valence electrons. The van der Waals surface area contributed by atoms with E-state index in [0.29, 0.717) is 77.8 Å². The van der Waals surface area contributed by atoms with Crippen molar-refractivity contribution < 1.29 is 18.7 Å². The molecule has 9 rings (SSSR count). The van der Waals surface area contributed by atoms with Crippen molar-refractivity contribution in [2.45, 2.75) is 50.6 Å². The van der Waals surface area contributed by atoms with E-state index in [1.54, 1.807) is 18.5 Å². The Morgan fingerprint density at radius 3 is 2.89 bits per heavy atom. The van der Waals surface area contributed by atoms with Gasteiger partial charge in [-0.3, -0.25) is 14.9 Å². The van der Waals surface area contributed by atoms with Gasteiger partial charge < -0.3 is 24.2 Å². The van der Waals surface area contributed by atoms with Crippen molar-refractivity contribution in [2.75, 3.05) is 57.9 Å². The zero-order chi connectivity index (χ0) is 30.7. The molecule has 3 aromatic heterocycles. The molecule has 5 aliphatic rings. The van der Waals surface area contributed by atoms with Crippen LogP contribution in [-0.4, -0.2) is 106 Å². The molecule has 8 heterocycles. The normalized spacial score (nSPS) is 24.2. The summed E-state index contributed by atoms with van der Waals surface area (Å²) in [5.41, 5.74) is 2.30. The Morgan fingerprint density at radius 2 is 2.02 bits per heavy atom. The van der Waals surface area contributed by atoms with Crippen molar-refractivity contribution in [1.82, 2.24) is 34.9 Å². The number of fused-ring (bicyclic) bond motifs is 7. The molecule has 0 radical (unpaired) electrons. The number of piperidine rings is 1. The fourth-order valence-corrected chi connectivity index (χ4v) is 8.01. The van der Waals surface area contributed by atoms with Crippen LogP contribution in [0.4, 0.5) is 10.2 Å². The zero-order valence-corrected chi connectivity index (χ0v) is 26.0. The van der Waals surface area contributed by atoms with Gasteiger partial charge in [-0.1, -0.05) is 11.6 Å². The van der Waals surface area contributed by atoms with E-state index in [0.717, 1.165) is 44.3 Å². The number of rotatable bonds is 3. The first-order valence-electron chi connectivity index (χ1n) is 15.9. The molecule has 1 amide bonds. The Balaban J connectivity index is 1.30. The Kier molecular flexibility index (Phi) is 7.46. The topological polar surface area (TPSA) is 113 Å². The number of nitrogens with zero attached hydrogens (tertiary/aromatic N) is 7. The number of hydrogen-bond acceptors (Lipinski definition) is 9. The summed E-state index contributed by atoms with van der Waals surface area (Å²) in [5.74, 6) is 0.426. The molecule has 0 spiro atoms.